The van der Waals surface area contributed by atoms with Crippen LogP contribution < -0.4 is 37.2 Å². The minimum Gasteiger partial charge on any atom is -0.478 e. The van der Waals surface area contributed by atoms with Crippen molar-refractivity contribution in [1.82, 2.24) is 10.6 Å². The molecule has 280 valence electrons. The highest BCUT2D eigenvalue weighted by Gasteiger charge is 2.52. The third-order valence-corrected chi connectivity index (χ3v) is 24.6. The Hall–Kier alpha value is -3.54. The molecule has 0 aromatic heterocycles. The SMILES string of the molecule is C[Si](C)(CCCCNC(=O)c1ccc(N)cc1)O[Si](C)(C)O[Si](O[Si](C)(C)CCCNCOc1ccc(N)cc1)(c1ccccc1)c1ccccc1. The molecule has 4 aromatic carbocycles. The molecule has 0 unspecified atom stereocenters. The second-order valence-electron chi connectivity index (χ2n) is 14.9. The van der Waals surface area contributed by atoms with Crippen LogP contribution in [-0.4, -0.2) is 59.5 Å². The molecule has 9 nitrogen and oxygen atoms in total. The number of hydrogen-bond donors (Lipinski definition) is 4. The van der Waals surface area contributed by atoms with Crippen LogP contribution in [0.25, 0.3) is 0 Å². The molecule has 0 aliphatic rings. The van der Waals surface area contributed by atoms with Gasteiger partial charge in [-0.05, 0) is 130 Å². The lowest BCUT2D eigenvalue weighted by molar-refractivity contribution is 0.0953. The predicted octanol–water partition coefficient (Wildman–Crippen LogP) is 6.80. The van der Waals surface area contributed by atoms with E-state index in [1.165, 1.54) is 0 Å². The number of unbranched alkanes of at least 4 members (excludes halogenated alkanes) is 1. The monoisotopic (exact) mass is 774 g/mol. The van der Waals surface area contributed by atoms with Crippen molar-refractivity contribution in [2.24, 2.45) is 0 Å². The van der Waals surface area contributed by atoms with E-state index in [4.69, 9.17) is 28.5 Å². The molecular weight excluding hydrogens is 717 g/mol. The Labute approximate surface area is 315 Å². The first-order valence-electron chi connectivity index (χ1n) is 18.2. The quantitative estimate of drug-likeness (QED) is 0.0315. The summed E-state index contributed by atoms with van der Waals surface area (Å²) in [4.78, 5) is 12.5. The Bertz CT molecular complexity index is 1620. The van der Waals surface area contributed by atoms with Crippen LogP contribution in [0.4, 0.5) is 11.4 Å². The Morgan fingerprint density at radius 1 is 0.596 bits per heavy atom. The highest BCUT2D eigenvalue weighted by molar-refractivity contribution is 7.02. The van der Waals surface area contributed by atoms with Crippen molar-refractivity contribution in [1.29, 1.82) is 0 Å². The van der Waals surface area contributed by atoms with Crippen LogP contribution in [0.3, 0.4) is 0 Å². The minimum atomic E-state index is -3.22. The lowest BCUT2D eigenvalue weighted by Crippen LogP contribution is -2.71. The fourth-order valence-electron chi connectivity index (χ4n) is 6.29. The molecule has 0 heterocycles. The van der Waals surface area contributed by atoms with Gasteiger partial charge in [-0.25, -0.2) is 0 Å². The van der Waals surface area contributed by atoms with Gasteiger partial charge < -0.3 is 33.9 Å². The van der Waals surface area contributed by atoms with Crippen molar-refractivity contribution >= 4 is 61.4 Å². The number of benzene rings is 4. The van der Waals surface area contributed by atoms with E-state index in [0.717, 1.165) is 59.7 Å². The van der Waals surface area contributed by atoms with Crippen molar-refractivity contribution in [3.63, 3.8) is 0 Å². The molecule has 0 atom stereocenters. The zero-order valence-electron chi connectivity index (χ0n) is 31.7. The van der Waals surface area contributed by atoms with Gasteiger partial charge in [-0.3, -0.25) is 10.1 Å². The zero-order valence-corrected chi connectivity index (χ0v) is 35.7. The fourth-order valence-corrected chi connectivity index (χ4v) is 25.0. The number of hydrogen-bond acceptors (Lipinski definition) is 8. The Kier molecular flexibility index (Phi) is 15.0. The Morgan fingerprint density at radius 3 is 1.69 bits per heavy atom. The average Bonchev–Trinajstić information content (AvgIpc) is 3.10. The van der Waals surface area contributed by atoms with Crippen LogP contribution in [0.1, 0.15) is 29.6 Å². The highest BCUT2D eigenvalue weighted by Crippen LogP contribution is 2.28. The first-order valence-corrected chi connectivity index (χ1v) is 29.1. The van der Waals surface area contributed by atoms with Crippen LogP contribution >= 0.6 is 0 Å². The lowest BCUT2D eigenvalue weighted by Gasteiger charge is -2.44. The number of amides is 1. The second kappa shape index (κ2) is 19.0. The summed E-state index contributed by atoms with van der Waals surface area (Å²) in [5.41, 5.74) is 13.5. The van der Waals surface area contributed by atoms with Crippen LogP contribution in [-0.2, 0) is 12.3 Å². The normalized spacial score (nSPS) is 12.4. The maximum absolute atomic E-state index is 12.5. The molecule has 0 saturated carbocycles. The molecule has 52 heavy (non-hydrogen) atoms. The average molecular weight is 775 g/mol. The van der Waals surface area contributed by atoms with Crippen molar-refractivity contribution in [2.45, 2.75) is 70.6 Å². The smallest absolute Gasteiger partial charge is 0.388 e. The van der Waals surface area contributed by atoms with Crippen molar-refractivity contribution in [3.8, 4) is 5.75 Å². The summed E-state index contributed by atoms with van der Waals surface area (Å²) in [7, 11) is -10.4. The maximum atomic E-state index is 12.5. The van der Waals surface area contributed by atoms with Crippen LogP contribution in [0, 0.1) is 0 Å². The second-order valence-corrected chi connectivity index (χ2v) is 30.5. The molecule has 4 aromatic rings. The molecule has 6 N–H and O–H groups in total. The lowest BCUT2D eigenvalue weighted by atomic mass is 10.2. The van der Waals surface area contributed by atoms with Crippen LogP contribution in [0.5, 0.6) is 5.75 Å². The number of nitrogens with two attached hydrogens (primary N) is 2. The number of carbonyl (C=O) groups excluding carboxylic acids is 1. The van der Waals surface area contributed by atoms with E-state index in [-0.39, 0.29) is 5.91 Å². The molecule has 4 rings (SSSR count). The number of nitrogens with one attached hydrogen (secondary N) is 2. The van der Waals surface area contributed by atoms with Gasteiger partial charge in [0, 0.05) is 23.5 Å². The van der Waals surface area contributed by atoms with E-state index in [2.05, 4.69) is 98.4 Å². The molecule has 0 saturated heterocycles. The number of anilines is 2. The van der Waals surface area contributed by atoms with Gasteiger partial charge in [0.15, 0.2) is 16.6 Å². The summed E-state index contributed by atoms with van der Waals surface area (Å²) in [6.07, 6.45) is 2.79. The minimum absolute atomic E-state index is 0.0797. The summed E-state index contributed by atoms with van der Waals surface area (Å²) in [5, 5.41) is 8.63. The van der Waals surface area contributed by atoms with Crippen molar-refractivity contribution in [3.05, 3.63) is 115 Å². The van der Waals surface area contributed by atoms with E-state index < -0.39 is 33.8 Å². The predicted molar refractivity (Wildman–Crippen MR) is 225 cm³/mol. The molecule has 0 fully saturated rings. The van der Waals surface area contributed by atoms with Gasteiger partial charge in [0.25, 0.3) is 5.91 Å². The van der Waals surface area contributed by atoms with E-state index in [1.807, 2.05) is 36.4 Å². The van der Waals surface area contributed by atoms with Gasteiger partial charge in [-0.15, -0.1) is 0 Å². The van der Waals surface area contributed by atoms with Crippen LogP contribution in [0.2, 0.25) is 51.4 Å². The molecule has 1 amide bonds. The summed E-state index contributed by atoms with van der Waals surface area (Å²) < 4.78 is 27.9. The third-order valence-electron chi connectivity index (χ3n) is 8.66. The van der Waals surface area contributed by atoms with E-state index >= 15 is 0 Å². The van der Waals surface area contributed by atoms with E-state index in [1.54, 1.807) is 24.3 Å². The van der Waals surface area contributed by atoms with Gasteiger partial charge in [0.1, 0.15) is 12.5 Å². The Balaban J connectivity index is 1.41. The van der Waals surface area contributed by atoms with Gasteiger partial charge in [0.2, 0.25) is 0 Å². The summed E-state index contributed by atoms with van der Waals surface area (Å²) in [6.45, 7) is 15.3. The fraction of sp³-hybridized carbons (Fsp3) is 0.359. The van der Waals surface area contributed by atoms with Crippen molar-refractivity contribution in [2.75, 3.05) is 31.3 Å². The number of carbonyl (C=O) groups is 1. The number of nitrogen functional groups attached to an aromatic ring is 2. The van der Waals surface area contributed by atoms with Gasteiger partial charge >= 0.3 is 17.1 Å². The Morgan fingerprint density at radius 2 is 1.12 bits per heavy atom. The maximum Gasteiger partial charge on any atom is 0.388 e. The van der Waals surface area contributed by atoms with Gasteiger partial charge in [0.05, 0.1) is 0 Å². The van der Waals surface area contributed by atoms with E-state index in [0.29, 0.717) is 24.5 Å². The molecule has 0 aliphatic carbocycles. The molecule has 0 spiro atoms. The molecular formula is C39H58N4O5Si4. The van der Waals surface area contributed by atoms with Crippen molar-refractivity contribution < 1.29 is 21.9 Å². The largest absolute Gasteiger partial charge is 0.478 e. The number of ether oxygens (including phenoxy) is 1. The third kappa shape index (κ3) is 13.1. The van der Waals surface area contributed by atoms with Gasteiger partial charge in [-0.2, -0.15) is 0 Å². The first kappa shape index (κ1) is 41.2. The molecule has 13 heteroatoms. The number of rotatable bonds is 21. The van der Waals surface area contributed by atoms with E-state index in [9.17, 15) is 4.79 Å². The molecule has 0 bridgehead atoms. The summed E-state index contributed by atoms with van der Waals surface area (Å²) in [5.74, 6) is 0.710. The highest BCUT2D eigenvalue weighted by atomic mass is 28.5. The van der Waals surface area contributed by atoms with Crippen LogP contribution in [0.15, 0.2) is 109 Å². The standard InChI is InChI=1S/C39H58N4O5Si4/c1-49(2,30-14-13-29-43-39(44)33-20-22-34(40)23-21-33)46-51(5,6)48-52(37-16-9-7-10-17-37,38-18-11-8-12-19-38)47-50(3,4)31-15-28-42-32-45-36-26-24-35(41)25-27-36/h7-12,16-27,42H,13-15,28-32,40-41H2,1-6H3,(H,43,44). The molecule has 0 aliphatic heterocycles. The first-order chi connectivity index (χ1) is 24.7. The molecule has 0 radical (unpaired) electrons. The van der Waals surface area contributed by atoms with Gasteiger partial charge in [-0.1, -0.05) is 67.1 Å². The zero-order chi connectivity index (χ0) is 37.7. The topological polar surface area (TPSA) is 130 Å². The summed E-state index contributed by atoms with van der Waals surface area (Å²) >= 11 is 0. The summed E-state index contributed by atoms with van der Waals surface area (Å²) in [6, 6.07) is 37.4.